The van der Waals surface area contributed by atoms with Crippen LogP contribution in [0.4, 0.5) is 5.69 Å². The van der Waals surface area contributed by atoms with Crippen LogP contribution in [0.3, 0.4) is 0 Å². The number of amides is 2. The fraction of sp³-hybridized carbons (Fsp3) is 0.125. The zero-order valence-corrected chi connectivity index (χ0v) is 14.8. The quantitative estimate of drug-likeness (QED) is 0.717. The second-order valence-corrected chi connectivity index (χ2v) is 6.47. The molecule has 3 rings (SSSR count). The number of hydrogen-bond acceptors (Lipinski definition) is 5. The van der Waals surface area contributed by atoms with E-state index in [0.29, 0.717) is 15.7 Å². The van der Waals surface area contributed by atoms with E-state index >= 15 is 0 Å². The van der Waals surface area contributed by atoms with E-state index in [2.05, 4.69) is 20.7 Å². The Morgan fingerprint density at radius 3 is 2.72 bits per heavy atom. The molecule has 0 unspecified atom stereocenters. The topological polar surface area (TPSA) is 88.9 Å². The lowest BCUT2D eigenvalue weighted by atomic mass is 10.3. The summed E-state index contributed by atoms with van der Waals surface area (Å²) in [5.74, 6) is -0.740. The zero-order valence-electron chi connectivity index (χ0n) is 13.2. The first-order chi connectivity index (χ1) is 12.0. The van der Waals surface area contributed by atoms with Crippen LogP contribution in [-0.2, 0) is 11.8 Å². The van der Waals surface area contributed by atoms with Gasteiger partial charge in [0, 0.05) is 34.9 Å². The summed E-state index contributed by atoms with van der Waals surface area (Å²) in [6, 6.07) is 6.71. The number of aryl methyl sites for hydroxylation is 1. The van der Waals surface area contributed by atoms with Crippen molar-refractivity contribution < 1.29 is 9.59 Å². The molecule has 1 aromatic carbocycles. The van der Waals surface area contributed by atoms with Crippen LogP contribution in [0.2, 0.25) is 5.02 Å². The summed E-state index contributed by atoms with van der Waals surface area (Å²) < 4.78 is 1.66. The van der Waals surface area contributed by atoms with E-state index in [-0.39, 0.29) is 18.1 Å². The van der Waals surface area contributed by atoms with Gasteiger partial charge in [-0.25, -0.2) is 4.98 Å². The first-order valence-electron chi connectivity index (χ1n) is 7.29. The van der Waals surface area contributed by atoms with Crippen molar-refractivity contribution in [1.82, 2.24) is 20.1 Å². The molecule has 0 saturated heterocycles. The summed E-state index contributed by atoms with van der Waals surface area (Å²) in [6.45, 7) is -0.152. The van der Waals surface area contributed by atoms with Crippen LogP contribution in [0.1, 0.15) is 10.5 Å². The van der Waals surface area contributed by atoms with Crippen LogP contribution in [0.25, 0.3) is 10.6 Å². The molecule has 0 radical (unpaired) electrons. The second-order valence-electron chi connectivity index (χ2n) is 5.18. The summed E-state index contributed by atoms with van der Waals surface area (Å²) in [6.07, 6.45) is 3.50. The van der Waals surface area contributed by atoms with Crippen molar-refractivity contribution in [3.05, 3.63) is 52.8 Å². The van der Waals surface area contributed by atoms with Gasteiger partial charge in [0.15, 0.2) is 0 Å². The maximum atomic E-state index is 12.1. The molecule has 2 heterocycles. The fourth-order valence-corrected chi connectivity index (χ4v) is 2.93. The third-order valence-electron chi connectivity index (χ3n) is 3.23. The van der Waals surface area contributed by atoms with Crippen molar-refractivity contribution in [2.75, 3.05) is 11.9 Å². The van der Waals surface area contributed by atoms with Crippen LogP contribution in [-0.4, -0.2) is 33.1 Å². The van der Waals surface area contributed by atoms with Crippen molar-refractivity contribution in [1.29, 1.82) is 0 Å². The highest BCUT2D eigenvalue weighted by Crippen LogP contribution is 2.22. The molecule has 9 heteroatoms. The highest BCUT2D eigenvalue weighted by molar-refractivity contribution is 7.13. The Morgan fingerprint density at radius 2 is 2.04 bits per heavy atom. The molecule has 0 aliphatic heterocycles. The Balaban J connectivity index is 1.54. The second kappa shape index (κ2) is 7.45. The minimum atomic E-state index is -0.405. The average molecular weight is 376 g/mol. The molecular weight excluding hydrogens is 362 g/mol. The van der Waals surface area contributed by atoms with Crippen LogP contribution in [0.15, 0.2) is 42.0 Å². The number of halogens is 1. The number of carbonyl (C=O) groups is 2. The Hall–Kier alpha value is -2.71. The SMILES string of the molecule is Cn1cc(-c2nc(C(=O)NCC(=O)Nc3ccc(Cl)cc3)cs2)cn1. The van der Waals surface area contributed by atoms with Gasteiger partial charge in [-0.3, -0.25) is 14.3 Å². The van der Waals surface area contributed by atoms with Gasteiger partial charge in [0.05, 0.1) is 12.7 Å². The van der Waals surface area contributed by atoms with E-state index in [0.717, 1.165) is 5.56 Å². The Morgan fingerprint density at radius 1 is 1.28 bits per heavy atom. The third kappa shape index (κ3) is 4.43. The van der Waals surface area contributed by atoms with E-state index in [1.165, 1.54) is 11.3 Å². The highest BCUT2D eigenvalue weighted by Gasteiger charge is 2.14. The smallest absolute Gasteiger partial charge is 0.271 e. The summed E-state index contributed by atoms with van der Waals surface area (Å²) in [5.41, 5.74) is 1.71. The van der Waals surface area contributed by atoms with Crippen LogP contribution in [0, 0.1) is 0 Å². The lowest BCUT2D eigenvalue weighted by Crippen LogP contribution is -2.33. The molecule has 2 aromatic heterocycles. The predicted octanol–water partition coefficient (Wildman–Crippen LogP) is 2.57. The number of anilines is 1. The normalized spacial score (nSPS) is 10.5. The number of hydrogen-bond donors (Lipinski definition) is 2. The summed E-state index contributed by atoms with van der Waals surface area (Å²) >= 11 is 7.13. The van der Waals surface area contributed by atoms with Crippen molar-refractivity contribution in [3.63, 3.8) is 0 Å². The van der Waals surface area contributed by atoms with Crippen molar-refractivity contribution in [2.24, 2.45) is 7.05 Å². The lowest BCUT2D eigenvalue weighted by Gasteiger charge is -2.06. The standard InChI is InChI=1S/C16H14ClN5O2S/c1-22-8-10(6-19-22)16-21-13(9-25-16)15(24)18-7-14(23)20-12-4-2-11(17)3-5-12/h2-6,8-9H,7H2,1H3,(H,18,24)(H,20,23). The van der Waals surface area contributed by atoms with E-state index in [1.54, 1.807) is 40.5 Å². The molecule has 0 saturated carbocycles. The fourth-order valence-electron chi connectivity index (χ4n) is 2.03. The molecule has 2 N–H and O–H groups in total. The third-order valence-corrected chi connectivity index (χ3v) is 4.37. The molecular formula is C16H14ClN5O2S. The summed E-state index contributed by atoms with van der Waals surface area (Å²) in [5, 5.41) is 12.2. The number of nitrogens with zero attached hydrogens (tertiary/aromatic N) is 3. The maximum Gasteiger partial charge on any atom is 0.271 e. The van der Waals surface area contributed by atoms with Crippen LogP contribution < -0.4 is 10.6 Å². The Labute approximate surface area is 152 Å². The van der Waals surface area contributed by atoms with Gasteiger partial charge >= 0.3 is 0 Å². The molecule has 25 heavy (non-hydrogen) atoms. The lowest BCUT2D eigenvalue weighted by molar-refractivity contribution is -0.115. The van der Waals surface area contributed by atoms with Crippen molar-refractivity contribution >= 4 is 40.4 Å². The monoisotopic (exact) mass is 375 g/mol. The van der Waals surface area contributed by atoms with Gasteiger partial charge in [-0.05, 0) is 24.3 Å². The van der Waals surface area contributed by atoms with E-state index in [9.17, 15) is 9.59 Å². The number of benzene rings is 1. The molecule has 0 spiro atoms. The maximum absolute atomic E-state index is 12.1. The Bertz CT molecular complexity index is 903. The zero-order chi connectivity index (χ0) is 17.8. The molecule has 0 fully saturated rings. The summed E-state index contributed by atoms with van der Waals surface area (Å²) in [4.78, 5) is 28.3. The van der Waals surface area contributed by atoms with Gasteiger partial charge in [-0.1, -0.05) is 11.6 Å². The number of carbonyl (C=O) groups excluding carboxylic acids is 2. The minimum Gasteiger partial charge on any atom is -0.342 e. The van der Waals surface area contributed by atoms with Crippen molar-refractivity contribution in [2.45, 2.75) is 0 Å². The number of nitrogens with one attached hydrogen (secondary N) is 2. The van der Waals surface area contributed by atoms with Gasteiger partial charge in [-0.2, -0.15) is 5.10 Å². The van der Waals surface area contributed by atoms with Crippen molar-refractivity contribution in [3.8, 4) is 10.6 Å². The van der Waals surface area contributed by atoms with Gasteiger partial charge in [0.25, 0.3) is 5.91 Å². The van der Waals surface area contributed by atoms with Gasteiger partial charge in [0.1, 0.15) is 10.7 Å². The highest BCUT2D eigenvalue weighted by atomic mass is 35.5. The first kappa shape index (κ1) is 17.1. The van der Waals surface area contributed by atoms with Crippen LogP contribution in [0.5, 0.6) is 0 Å². The molecule has 0 atom stereocenters. The number of aromatic nitrogens is 3. The predicted molar refractivity (Wildman–Crippen MR) is 96.7 cm³/mol. The number of thiazole rings is 1. The average Bonchev–Trinajstić information content (AvgIpc) is 3.23. The largest absolute Gasteiger partial charge is 0.342 e. The molecule has 0 bridgehead atoms. The van der Waals surface area contributed by atoms with E-state index < -0.39 is 5.91 Å². The van der Waals surface area contributed by atoms with E-state index in [4.69, 9.17) is 11.6 Å². The Kier molecular flexibility index (Phi) is 5.11. The first-order valence-corrected chi connectivity index (χ1v) is 8.55. The van der Waals surface area contributed by atoms with Crippen LogP contribution >= 0.6 is 22.9 Å². The van der Waals surface area contributed by atoms with Gasteiger partial charge in [0.2, 0.25) is 5.91 Å². The molecule has 3 aromatic rings. The van der Waals surface area contributed by atoms with Gasteiger partial charge in [-0.15, -0.1) is 11.3 Å². The molecule has 2 amide bonds. The molecule has 7 nitrogen and oxygen atoms in total. The summed E-state index contributed by atoms with van der Waals surface area (Å²) in [7, 11) is 1.81. The molecule has 128 valence electrons. The molecule has 0 aliphatic carbocycles. The number of rotatable bonds is 5. The van der Waals surface area contributed by atoms with Gasteiger partial charge < -0.3 is 10.6 Å². The minimum absolute atomic E-state index is 0.152. The molecule has 0 aliphatic rings. The van der Waals surface area contributed by atoms with E-state index in [1.807, 2.05) is 13.2 Å².